The highest BCUT2D eigenvalue weighted by Gasteiger charge is 2.42. The lowest BCUT2D eigenvalue weighted by Crippen LogP contribution is -2.46. The van der Waals surface area contributed by atoms with Crippen LogP contribution in [0.3, 0.4) is 0 Å². The van der Waals surface area contributed by atoms with E-state index in [0.717, 1.165) is 32.3 Å². The molecule has 3 aliphatic rings. The first-order valence-electron chi connectivity index (χ1n) is 4.56. The van der Waals surface area contributed by atoms with E-state index in [1.54, 1.807) is 0 Å². The molecular formula is C9H14O3. The Morgan fingerprint density at radius 1 is 1.50 bits per heavy atom. The van der Waals surface area contributed by atoms with Gasteiger partial charge in [0, 0.05) is 0 Å². The molecule has 0 atom stereocenters. The first-order chi connectivity index (χ1) is 5.70. The van der Waals surface area contributed by atoms with Crippen LogP contribution in [0, 0.1) is 5.92 Å². The van der Waals surface area contributed by atoms with Crippen LogP contribution in [0.25, 0.3) is 0 Å². The Kier molecular flexibility index (Phi) is 1.83. The van der Waals surface area contributed by atoms with Crippen molar-refractivity contribution in [3.8, 4) is 0 Å². The summed E-state index contributed by atoms with van der Waals surface area (Å²) in [7, 11) is 0. The maximum Gasteiger partial charge on any atom is 0.306 e. The fourth-order valence-corrected chi connectivity index (χ4v) is 2.31. The minimum absolute atomic E-state index is 0.194. The van der Waals surface area contributed by atoms with Crippen molar-refractivity contribution in [1.82, 2.24) is 0 Å². The lowest BCUT2D eigenvalue weighted by atomic mass is 9.74. The number of hydrogen-bond acceptors (Lipinski definition) is 2. The highest BCUT2D eigenvalue weighted by atomic mass is 16.5. The summed E-state index contributed by atoms with van der Waals surface area (Å²) in [5.41, 5.74) is -0.291. The second-order valence-electron chi connectivity index (χ2n) is 4.01. The summed E-state index contributed by atoms with van der Waals surface area (Å²) in [6.07, 6.45) is 4.41. The molecule has 0 unspecified atom stereocenters. The molecule has 0 aromatic heterocycles. The van der Waals surface area contributed by atoms with Crippen LogP contribution in [0.15, 0.2) is 0 Å². The van der Waals surface area contributed by atoms with E-state index in [4.69, 9.17) is 9.84 Å². The van der Waals surface area contributed by atoms with Crippen LogP contribution in [-0.2, 0) is 9.53 Å². The van der Waals surface area contributed by atoms with Gasteiger partial charge in [-0.2, -0.15) is 0 Å². The molecule has 2 bridgehead atoms. The molecule has 1 N–H and O–H groups in total. The predicted octanol–water partition coefficient (Wildman–Crippen LogP) is 1.42. The molecule has 2 aliphatic heterocycles. The fourth-order valence-electron chi connectivity index (χ4n) is 2.31. The molecule has 3 nitrogen and oxygen atoms in total. The van der Waals surface area contributed by atoms with Gasteiger partial charge in [0.15, 0.2) is 0 Å². The monoisotopic (exact) mass is 170 g/mol. The van der Waals surface area contributed by atoms with Gasteiger partial charge in [0.2, 0.25) is 0 Å². The normalized spacial score (nSPS) is 39.8. The smallest absolute Gasteiger partial charge is 0.306 e. The first kappa shape index (κ1) is 8.05. The van der Waals surface area contributed by atoms with Gasteiger partial charge in [-0.3, -0.25) is 4.79 Å². The van der Waals surface area contributed by atoms with Gasteiger partial charge in [-0.15, -0.1) is 0 Å². The summed E-state index contributed by atoms with van der Waals surface area (Å²) in [6.45, 7) is 0.785. The van der Waals surface area contributed by atoms with Crippen molar-refractivity contribution >= 4 is 5.97 Å². The highest BCUT2D eigenvalue weighted by molar-refractivity contribution is 5.68. The number of fused-ring (bicyclic) bond motifs is 3. The average molecular weight is 170 g/mol. The minimum Gasteiger partial charge on any atom is -0.481 e. The van der Waals surface area contributed by atoms with Crippen molar-refractivity contribution in [2.75, 3.05) is 6.61 Å². The molecule has 3 rings (SSSR count). The van der Waals surface area contributed by atoms with Crippen molar-refractivity contribution in [3.63, 3.8) is 0 Å². The first-order valence-corrected chi connectivity index (χ1v) is 4.56. The minimum atomic E-state index is -0.727. The lowest BCUT2D eigenvalue weighted by molar-refractivity contribution is -0.167. The zero-order chi connectivity index (χ0) is 8.60. The lowest BCUT2D eigenvalue weighted by Gasteiger charge is -2.45. The third-order valence-electron chi connectivity index (χ3n) is 3.12. The maximum absolute atomic E-state index is 10.6. The van der Waals surface area contributed by atoms with Crippen LogP contribution >= 0.6 is 0 Å². The van der Waals surface area contributed by atoms with E-state index in [-0.39, 0.29) is 12.0 Å². The van der Waals surface area contributed by atoms with E-state index in [9.17, 15) is 4.79 Å². The molecule has 0 spiro atoms. The average Bonchev–Trinajstić information content (AvgIpc) is 2.05. The number of carboxylic acids is 1. The highest BCUT2D eigenvalue weighted by Crippen LogP contribution is 2.42. The zero-order valence-corrected chi connectivity index (χ0v) is 7.08. The second-order valence-corrected chi connectivity index (χ2v) is 4.01. The Morgan fingerprint density at radius 2 is 2.17 bits per heavy atom. The second kappa shape index (κ2) is 2.73. The largest absolute Gasteiger partial charge is 0.481 e. The van der Waals surface area contributed by atoms with Crippen molar-refractivity contribution in [1.29, 1.82) is 0 Å². The van der Waals surface area contributed by atoms with Crippen molar-refractivity contribution in [2.24, 2.45) is 5.92 Å². The van der Waals surface area contributed by atoms with E-state index < -0.39 is 5.97 Å². The summed E-state index contributed by atoms with van der Waals surface area (Å²) in [6, 6.07) is 0. The van der Waals surface area contributed by atoms with Crippen molar-refractivity contribution in [3.05, 3.63) is 0 Å². The van der Waals surface area contributed by atoms with E-state index in [0.29, 0.717) is 5.92 Å². The molecule has 0 amide bonds. The third-order valence-corrected chi connectivity index (χ3v) is 3.12. The number of aliphatic carboxylic acids is 1. The van der Waals surface area contributed by atoms with E-state index in [2.05, 4.69) is 0 Å². The summed E-state index contributed by atoms with van der Waals surface area (Å²) in [5, 5.41) is 8.70. The zero-order valence-electron chi connectivity index (χ0n) is 7.08. The number of ether oxygens (including phenoxy) is 1. The Balaban J connectivity index is 2.03. The molecule has 68 valence electrons. The van der Waals surface area contributed by atoms with E-state index >= 15 is 0 Å². The van der Waals surface area contributed by atoms with E-state index in [1.807, 2.05) is 0 Å². The quantitative estimate of drug-likeness (QED) is 0.681. The molecule has 0 aromatic carbocycles. The number of carboxylic acid groups (broad SMARTS) is 1. The predicted molar refractivity (Wildman–Crippen MR) is 42.9 cm³/mol. The van der Waals surface area contributed by atoms with Crippen LogP contribution in [0.4, 0.5) is 0 Å². The molecule has 1 aliphatic carbocycles. The fraction of sp³-hybridized carbons (Fsp3) is 0.889. The third kappa shape index (κ3) is 1.33. The summed E-state index contributed by atoms with van der Waals surface area (Å²) < 4.78 is 5.59. The van der Waals surface area contributed by atoms with Gasteiger partial charge >= 0.3 is 5.97 Å². The molecule has 0 aromatic rings. The number of rotatable bonds is 2. The van der Waals surface area contributed by atoms with Gasteiger partial charge in [0.25, 0.3) is 0 Å². The SMILES string of the molecule is O=C(O)CC12CCC(CC1)CO2. The topological polar surface area (TPSA) is 46.5 Å². The van der Waals surface area contributed by atoms with Gasteiger partial charge in [0.1, 0.15) is 0 Å². The van der Waals surface area contributed by atoms with Crippen LogP contribution in [0.1, 0.15) is 32.1 Å². The number of hydrogen-bond donors (Lipinski definition) is 1. The van der Waals surface area contributed by atoms with Crippen LogP contribution in [0.2, 0.25) is 0 Å². The maximum atomic E-state index is 10.6. The van der Waals surface area contributed by atoms with Crippen LogP contribution in [0.5, 0.6) is 0 Å². The Bertz CT molecular complexity index is 178. The molecule has 2 heterocycles. The standard InChI is InChI=1S/C9H14O3/c10-8(11)5-9-3-1-7(2-4-9)6-12-9/h7H,1-6H2,(H,10,11). The van der Waals surface area contributed by atoms with Crippen LogP contribution in [-0.4, -0.2) is 23.3 Å². The summed E-state index contributed by atoms with van der Waals surface area (Å²) in [4.78, 5) is 10.6. The molecule has 0 radical (unpaired) electrons. The van der Waals surface area contributed by atoms with Crippen LogP contribution < -0.4 is 0 Å². The van der Waals surface area contributed by atoms with Gasteiger partial charge in [0.05, 0.1) is 18.6 Å². The summed E-state index contributed by atoms with van der Waals surface area (Å²) in [5.74, 6) is -0.0176. The Hall–Kier alpha value is -0.570. The molecule has 12 heavy (non-hydrogen) atoms. The molecule has 3 heteroatoms. The van der Waals surface area contributed by atoms with E-state index in [1.165, 1.54) is 0 Å². The molecule has 1 saturated carbocycles. The van der Waals surface area contributed by atoms with Gasteiger partial charge < -0.3 is 9.84 Å². The molecule has 3 fully saturated rings. The molecular weight excluding hydrogens is 156 g/mol. The van der Waals surface area contributed by atoms with Gasteiger partial charge in [-0.05, 0) is 31.6 Å². The Labute approximate surface area is 71.7 Å². The number of carbonyl (C=O) groups is 1. The van der Waals surface area contributed by atoms with Crippen molar-refractivity contribution in [2.45, 2.75) is 37.7 Å². The van der Waals surface area contributed by atoms with Gasteiger partial charge in [-0.1, -0.05) is 0 Å². The van der Waals surface area contributed by atoms with Gasteiger partial charge in [-0.25, -0.2) is 0 Å². The van der Waals surface area contributed by atoms with Crippen molar-refractivity contribution < 1.29 is 14.6 Å². The summed E-state index contributed by atoms with van der Waals surface area (Å²) >= 11 is 0. The molecule has 2 saturated heterocycles. The Morgan fingerprint density at radius 3 is 2.58 bits per heavy atom.